The first-order valence-electron chi connectivity index (χ1n) is 7.38. The van der Waals surface area contributed by atoms with E-state index in [1.54, 1.807) is 0 Å². The van der Waals surface area contributed by atoms with Crippen LogP contribution >= 0.6 is 0 Å². The van der Waals surface area contributed by atoms with Crippen molar-refractivity contribution in [3.63, 3.8) is 0 Å². The molecule has 21 heavy (non-hydrogen) atoms. The Morgan fingerprint density at radius 3 is 2.14 bits per heavy atom. The van der Waals surface area contributed by atoms with Gasteiger partial charge in [-0.3, -0.25) is 4.79 Å². The van der Waals surface area contributed by atoms with E-state index in [-0.39, 0.29) is 23.5 Å². The Kier molecular flexibility index (Phi) is 7.54. The van der Waals surface area contributed by atoms with Gasteiger partial charge in [-0.15, -0.1) is 0 Å². The van der Waals surface area contributed by atoms with Crippen molar-refractivity contribution in [1.29, 1.82) is 0 Å². The molecule has 0 spiro atoms. The number of carbonyl (C=O) groups is 2. The fourth-order valence-corrected chi connectivity index (χ4v) is 3.00. The summed E-state index contributed by atoms with van der Waals surface area (Å²) >= 11 is 0. The molecule has 0 aliphatic rings. The van der Waals surface area contributed by atoms with Crippen LogP contribution in [0.3, 0.4) is 0 Å². The molecule has 0 unspecified atom stereocenters. The van der Waals surface area contributed by atoms with E-state index in [1.807, 2.05) is 26.0 Å². The highest BCUT2D eigenvalue weighted by atomic mass is 28.4. The zero-order chi connectivity index (χ0) is 16.8. The Morgan fingerprint density at radius 2 is 1.76 bits per heavy atom. The maximum Gasteiger partial charge on any atom is 0.374 e. The van der Waals surface area contributed by atoms with Crippen LogP contribution in [0.2, 0.25) is 18.1 Å². The van der Waals surface area contributed by atoms with Gasteiger partial charge in [-0.05, 0) is 31.0 Å². The van der Waals surface area contributed by atoms with E-state index in [0.717, 1.165) is 0 Å². The van der Waals surface area contributed by atoms with Crippen molar-refractivity contribution < 1.29 is 18.8 Å². The summed E-state index contributed by atoms with van der Waals surface area (Å²) in [5.41, 5.74) is 0. The summed E-state index contributed by atoms with van der Waals surface area (Å²) in [5, 5.41) is 0.0961. The number of carbonyl (C=O) groups excluding carboxylic acids is 2. The Labute approximate surface area is 130 Å². The summed E-state index contributed by atoms with van der Waals surface area (Å²) in [6.07, 6.45) is 3.87. The van der Waals surface area contributed by atoms with Crippen LogP contribution in [0.15, 0.2) is 12.2 Å². The van der Waals surface area contributed by atoms with Gasteiger partial charge in [0.2, 0.25) is 5.78 Å². The molecule has 0 N–H and O–H groups in total. The molecule has 0 heterocycles. The molecule has 0 bridgehead atoms. The van der Waals surface area contributed by atoms with Crippen molar-refractivity contribution in [2.45, 2.75) is 65.3 Å². The monoisotopic (exact) mass is 314 g/mol. The van der Waals surface area contributed by atoms with E-state index >= 15 is 0 Å². The van der Waals surface area contributed by atoms with Crippen molar-refractivity contribution in [2.24, 2.45) is 5.92 Å². The Bertz CT molecular complexity index is 394. The molecule has 0 rings (SSSR count). The van der Waals surface area contributed by atoms with Crippen molar-refractivity contribution in [3.05, 3.63) is 12.2 Å². The smallest absolute Gasteiger partial charge is 0.374 e. The molecule has 2 atom stereocenters. The second-order valence-corrected chi connectivity index (χ2v) is 11.7. The quantitative estimate of drug-likeness (QED) is 0.311. The van der Waals surface area contributed by atoms with Crippen LogP contribution in [0.4, 0.5) is 0 Å². The molecule has 122 valence electrons. The first kappa shape index (κ1) is 20.1. The summed E-state index contributed by atoms with van der Waals surface area (Å²) in [7, 11) is -0.711. The van der Waals surface area contributed by atoms with Gasteiger partial charge in [-0.1, -0.05) is 39.8 Å². The van der Waals surface area contributed by atoms with Gasteiger partial charge >= 0.3 is 5.97 Å². The zero-order valence-electron chi connectivity index (χ0n) is 14.6. The lowest BCUT2D eigenvalue weighted by Gasteiger charge is -2.40. The van der Waals surface area contributed by atoms with E-state index < -0.39 is 20.1 Å². The number of ether oxygens (including phenoxy) is 1. The standard InChI is InChI=1S/C16H30O4Si/c1-9-10-14(20-21(7,8)16(3,4)5)12(2)11-13(17)15(18)19-6/h9-10,12,14H,11H2,1-8H3/b10-9+/t12-,14+/m0/s1. The van der Waals surface area contributed by atoms with Gasteiger partial charge in [0.15, 0.2) is 8.32 Å². The molecule has 0 amide bonds. The molecule has 0 aromatic heterocycles. The molecular weight excluding hydrogens is 284 g/mol. The van der Waals surface area contributed by atoms with Gasteiger partial charge in [-0.25, -0.2) is 4.79 Å². The molecule has 0 aromatic carbocycles. The largest absolute Gasteiger partial charge is 0.463 e. The maximum absolute atomic E-state index is 11.7. The third kappa shape index (κ3) is 6.14. The zero-order valence-corrected chi connectivity index (χ0v) is 15.6. The maximum atomic E-state index is 11.7. The van der Waals surface area contributed by atoms with E-state index in [1.165, 1.54) is 7.11 Å². The minimum Gasteiger partial charge on any atom is -0.463 e. The predicted molar refractivity (Wildman–Crippen MR) is 87.7 cm³/mol. The predicted octanol–water partition coefficient (Wildman–Crippen LogP) is 3.72. The number of esters is 1. The molecule has 0 saturated carbocycles. The van der Waals surface area contributed by atoms with E-state index in [2.05, 4.69) is 38.6 Å². The Hall–Kier alpha value is -0.943. The molecule has 0 radical (unpaired) electrons. The third-order valence-corrected chi connectivity index (χ3v) is 8.57. The minimum atomic E-state index is -1.93. The van der Waals surface area contributed by atoms with E-state index in [9.17, 15) is 9.59 Å². The highest BCUT2D eigenvalue weighted by Crippen LogP contribution is 2.38. The average molecular weight is 314 g/mol. The van der Waals surface area contributed by atoms with Crippen LogP contribution in [0, 0.1) is 5.92 Å². The molecule has 5 heteroatoms. The summed E-state index contributed by atoms with van der Waals surface area (Å²) in [6.45, 7) is 14.7. The molecular formula is C16H30O4Si. The lowest BCUT2D eigenvalue weighted by molar-refractivity contribution is -0.152. The van der Waals surface area contributed by atoms with Gasteiger partial charge in [0.25, 0.3) is 0 Å². The summed E-state index contributed by atoms with van der Waals surface area (Å²) in [4.78, 5) is 23.0. The summed E-state index contributed by atoms with van der Waals surface area (Å²) in [6, 6.07) is 0. The first-order chi connectivity index (χ1) is 9.46. The van der Waals surface area contributed by atoms with Crippen molar-refractivity contribution >= 4 is 20.1 Å². The van der Waals surface area contributed by atoms with Crippen molar-refractivity contribution in [1.82, 2.24) is 0 Å². The number of rotatable bonds is 7. The van der Waals surface area contributed by atoms with Gasteiger partial charge in [0.05, 0.1) is 13.2 Å². The fourth-order valence-electron chi connectivity index (χ4n) is 1.66. The van der Waals surface area contributed by atoms with Crippen LogP contribution in [-0.4, -0.2) is 33.3 Å². The van der Waals surface area contributed by atoms with Gasteiger partial charge in [-0.2, -0.15) is 0 Å². The summed E-state index contributed by atoms with van der Waals surface area (Å²) in [5.74, 6) is -1.35. The van der Waals surface area contributed by atoms with Crippen LogP contribution in [0.5, 0.6) is 0 Å². The molecule has 0 fully saturated rings. The van der Waals surface area contributed by atoms with Gasteiger partial charge in [0.1, 0.15) is 0 Å². The highest BCUT2D eigenvalue weighted by Gasteiger charge is 2.40. The molecule has 0 saturated heterocycles. The lowest BCUT2D eigenvalue weighted by Crippen LogP contribution is -2.45. The van der Waals surface area contributed by atoms with E-state index in [4.69, 9.17) is 4.43 Å². The second-order valence-electron chi connectivity index (χ2n) is 6.96. The Morgan fingerprint density at radius 1 is 1.24 bits per heavy atom. The normalized spacial score (nSPS) is 15.8. The molecule has 0 aliphatic carbocycles. The first-order valence-corrected chi connectivity index (χ1v) is 10.3. The third-order valence-electron chi connectivity index (χ3n) is 4.10. The molecule has 4 nitrogen and oxygen atoms in total. The van der Waals surface area contributed by atoms with Gasteiger partial charge in [0, 0.05) is 6.42 Å². The second kappa shape index (κ2) is 7.89. The topological polar surface area (TPSA) is 52.6 Å². The Balaban J connectivity index is 4.99. The van der Waals surface area contributed by atoms with Crippen LogP contribution < -0.4 is 0 Å². The van der Waals surface area contributed by atoms with E-state index in [0.29, 0.717) is 0 Å². The number of ketones is 1. The number of Topliss-reactive ketones (excluding diaryl/α,β-unsaturated/α-hetero) is 1. The highest BCUT2D eigenvalue weighted by molar-refractivity contribution is 6.74. The number of hydrogen-bond acceptors (Lipinski definition) is 4. The number of methoxy groups -OCH3 is 1. The fraction of sp³-hybridized carbons (Fsp3) is 0.750. The minimum absolute atomic E-state index is 0.0677. The lowest BCUT2D eigenvalue weighted by atomic mass is 9.98. The SMILES string of the molecule is C/C=C/[C@@H](O[Si](C)(C)C(C)(C)C)[C@@H](C)CC(=O)C(=O)OC. The molecule has 0 aromatic rings. The summed E-state index contributed by atoms with van der Waals surface area (Å²) < 4.78 is 10.8. The van der Waals surface area contributed by atoms with Gasteiger partial charge < -0.3 is 9.16 Å². The number of hydrogen-bond donors (Lipinski definition) is 0. The van der Waals surface area contributed by atoms with Crippen LogP contribution in [0.1, 0.15) is 41.0 Å². The van der Waals surface area contributed by atoms with Crippen LogP contribution in [0.25, 0.3) is 0 Å². The number of allylic oxidation sites excluding steroid dienone is 1. The average Bonchev–Trinajstić information content (AvgIpc) is 2.35. The van der Waals surface area contributed by atoms with Crippen LogP contribution in [-0.2, 0) is 18.8 Å². The van der Waals surface area contributed by atoms with Crippen molar-refractivity contribution in [3.8, 4) is 0 Å². The molecule has 0 aliphatic heterocycles. The van der Waals surface area contributed by atoms with Crippen molar-refractivity contribution in [2.75, 3.05) is 7.11 Å².